The third kappa shape index (κ3) is 1.99. The summed E-state index contributed by atoms with van der Waals surface area (Å²) in [5.41, 5.74) is 0.902. The van der Waals surface area contributed by atoms with Gasteiger partial charge in [-0.3, -0.25) is 4.40 Å². The van der Waals surface area contributed by atoms with Crippen LogP contribution in [0.2, 0.25) is 0 Å². The van der Waals surface area contributed by atoms with Crippen molar-refractivity contribution >= 4 is 17.4 Å². The number of hydrogen-bond donors (Lipinski definition) is 0. The molecule has 0 saturated carbocycles. The highest BCUT2D eigenvalue weighted by Crippen LogP contribution is 2.31. The Hall–Kier alpha value is -1.23. The smallest absolute Gasteiger partial charge is 0.161 e. The van der Waals surface area contributed by atoms with Crippen LogP contribution in [0.1, 0.15) is 24.6 Å². The monoisotopic (exact) mass is 249 g/mol. The number of thioether (sulfide) groups is 1. The number of fused-ring (bicyclic) bond motifs is 1. The van der Waals surface area contributed by atoms with E-state index in [0.717, 1.165) is 17.2 Å². The van der Waals surface area contributed by atoms with E-state index in [9.17, 15) is 0 Å². The van der Waals surface area contributed by atoms with Crippen LogP contribution in [-0.4, -0.2) is 33.2 Å². The van der Waals surface area contributed by atoms with Gasteiger partial charge >= 0.3 is 0 Å². The van der Waals surface area contributed by atoms with E-state index < -0.39 is 0 Å². The summed E-state index contributed by atoms with van der Waals surface area (Å²) in [6.45, 7) is 0. The maximum atomic E-state index is 5.25. The molecule has 0 spiro atoms. The zero-order chi connectivity index (χ0) is 11.7. The number of hydrogen-bond acceptors (Lipinski definition) is 4. The van der Waals surface area contributed by atoms with Gasteiger partial charge in [0.1, 0.15) is 11.6 Å². The Balaban J connectivity index is 2.02. The fourth-order valence-corrected chi connectivity index (χ4v) is 3.35. The Bertz CT molecular complexity index is 519. The topological polar surface area (TPSA) is 39.4 Å². The third-order valence-electron chi connectivity index (χ3n) is 3.22. The molecule has 1 fully saturated rings. The molecule has 2 aromatic heterocycles. The molecule has 0 unspecified atom stereocenters. The quantitative estimate of drug-likeness (QED) is 0.819. The molecule has 0 atom stereocenters. The predicted molar refractivity (Wildman–Crippen MR) is 68.8 cm³/mol. The van der Waals surface area contributed by atoms with Crippen molar-refractivity contribution in [3.8, 4) is 5.75 Å². The largest absolute Gasteiger partial charge is 0.495 e. The fourth-order valence-electron chi connectivity index (χ4n) is 2.24. The van der Waals surface area contributed by atoms with Gasteiger partial charge in [-0.05, 0) is 36.5 Å². The van der Waals surface area contributed by atoms with E-state index in [2.05, 4.69) is 14.6 Å². The summed E-state index contributed by atoms with van der Waals surface area (Å²) in [6, 6.07) is 3.87. The number of ether oxygens (including phenoxy) is 1. The van der Waals surface area contributed by atoms with Crippen LogP contribution in [0.4, 0.5) is 0 Å². The van der Waals surface area contributed by atoms with E-state index >= 15 is 0 Å². The van der Waals surface area contributed by atoms with E-state index in [4.69, 9.17) is 4.74 Å². The van der Waals surface area contributed by atoms with Gasteiger partial charge in [0.25, 0.3) is 0 Å². The lowest BCUT2D eigenvalue weighted by Gasteiger charge is -2.19. The van der Waals surface area contributed by atoms with Gasteiger partial charge in [-0.25, -0.2) is 0 Å². The lowest BCUT2D eigenvalue weighted by atomic mass is 10.0. The van der Waals surface area contributed by atoms with E-state index in [1.807, 2.05) is 30.1 Å². The Morgan fingerprint density at radius 1 is 1.29 bits per heavy atom. The van der Waals surface area contributed by atoms with E-state index in [1.165, 1.54) is 24.3 Å². The molecule has 0 aliphatic carbocycles. The summed E-state index contributed by atoms with van der Waals surface area (Å²) in [5.74, 6) is 4.92. The van der Waals surface area contributed by atoms with E-state index in [1.54, 1.807) is 7.11 Å². The molecule has 0 amide bonds. The van der Waals surface area contributed by atoms with Crippen molar-refractivity contribution in [2.45, 2.75) is 18.8 Å². The molecule has 1 aliphatic rings. The van der Waals surface area contributed by atoms with Crippen molar-refractivity contribution in [2.24, 2.45) is 0 Å². The minimum absolute atomic E-state index is 0.540. The summed E-state index contributed by atoms with van der Waals surface area (Å²) in [5, 5.41) is 8.56. The number of aromatic nitrogens is 3. The first-order chi connectivity index (χ1) is 8.38. The second-order valence-electron chi connectivity index (χ2n) is 4.24. The highest BCUT2D eigenvalue weighted by atomic mass is 32.2. The van der Waals surface area contributed by atoms with Gasteiger partial charge in [0.05, 0.1) is 13.3 Å². The fraction of sp³-hybridized carbons (Fsp3) is 0.500. The van der Waals surface area contributed by atoms with Gasteiger partial charge in [-0.1, -0.05) is 0 Å². The molecular weight excluding hydrogens is 234 g/mol. The van der Waals surface area contributed by atoms with Gasteiger partial charge < -0.3 is 4.74 Å². The summed E-state index contributed by atoms with van der Waals surface area (Å²) in [7, 11) is 1.68. The predicted octanol–water partition coefficient (Wildman–Crippen LogP) is 2.35. The second kappa shape index (κ2) is 4.56. The average molecular weight is 249 g/mol. The van der Waals surface area contributed by atoms with Crippen LogP contribution in [0, 0.1) is 0 Å². The summed E-state index contributed by atoms with van der Waals surface area (Å²) in [6.07, 6.45) is 4.37. The maximum Gasteiger partial charge on any atom is 0.161 e. The number of methoxy groups -OCH3 is 1. The Labute approximate surface area is 104 Å². The Morgan fingerprint density at radius 3 is 2.88 bits per heavy atom. The first kappa shape index (κ1) is 10.9. The lowest BCUT2D eigenvalue weighted by molar-refractivity contribution is 0.412. The molecule has 0 radical (unpaired) electrons. The van der Waals surface area contributed by atoms with Crippen LogP contribution in [0.5, 0.6) is 5.75 Å². The van der Waals surface area contributed by atoms with Crippen molar-refractivity contribution < 1.29 is 4.74 Å². The first-order valence-electron chi connectivity index (χ1n) is 5.85. The Kier molecular flexibility index (Phi) is 2.93. The zero-order valence-electron chi connectivity index (χ0n) is 9.80. The molecular formula is C12H15N3OS. The first-order valence-corrected chi connectivity index (χ1v) is 7.00. The molecule has 90 valence electrons. The Morgan fingerprint density at radius 2 is 2.12 bits per heavy atom. The number of nitrogens with zero attached hydrogens (tertiary/aromatic N) is 3. The molecule has 0 N–H and O–H groups in total. The highest BCUT2D eigenvalue weighted by molar-refractivity contribution is 7.99. The highest BCUT2D eigenvalue weighted by Gasteiger charge is 2.21. The molecule has 0 bridgehead atoms. The lowest BCUT2D eigenvalue weighted by Crippen LogP contribution is -2.11. The van der Waals surface area contributed by atoms with Gasteiger partial charge in [-0.2, -0.15) is 11.8 Å². The molecule has 3 rings (SSSR count). The SMILES string of the molecule is COc1ccc2nnc(C3CCSCC3)n2c1. The average Bonchev–Trinajstić information content (AvgIpc) is 2.82. The van der Waals surface area contributed by atoms with Crippen LogP contribution in [0.15, 0.2) is 18.3 Å². The van der Waals surface area contributed by atoms with Gasteiger partial charge in [0.15, 0.2) is 5.65 Å². The molecule has 3 heterocycles. The van der Waals surface area contributed by atoms with Gasteiger partial charge in [0.2, 0.25) is 0 Å². The van der Waals surface area contributed by atoms with Crippen molar-refractivity contribution in [1.29, 1.82) is 0 Å². The van der Waals surface area contributed by atoms with E-state index in [-0.39, 0.29) is 0 Å². The van der Waals surface area contributed by atoms with Crippen LogP contribution < -0.4 is 4.74 Å². The summed E-state index contributed by atoms with van der Waals surface area (Å²) < 4.78 is 7.32. The number of rotatable bonds is 2. The second-order valence-corrected chi connectivity index (χ2v) is 5.47. The zero-order valence-corrected chi connectivity index (χ0v) is 10.6. The molecule has 1 saturated heterocycles. The van der Waals surface area contributed by atoms with Crippen molar-refractivity contribution in [1.82, 2.24) is 14.6 Å². The molecule has 1 aliphatic heterocycles. The molecule has 5 heteroatoms. The standard InChI is InChI=1S/C12H15N3OS/c1-16-10-2-3-11-13-14-12(15(11)8-10)9-4-6-17-7-5-9/h2-3,8-9H,4-7H2,1H3. The van der Waals surface area contributed by atoms with E-state index in [0.29, 0.717) is 5.92 Å². The molecule has 0 aromatic carbocycles. The van der Waals surface area contributed by atoms with Gasteiger partial charge in [-0.15, -0.1) is 10.2 Å². The molecule has 2 aromatic rings. The molecule has 4 nitrogen and oxygen atoms in total. The van der Waals surface area contributed by atoms with Crippen molar-refractivity contribution in [3.63, 3.8) is 0 Å². The normalized spacial score (nSPS) is 17.5. The minimum Gasteiger partial charge on any atom is -0.495 e. The molecule has 17 heavy (non-hydrogen) atoms. The van der Waals surface area contributed by atoms with Crippen LogP contribution >= 0.6 is 11.8 Å². The van der Waals surface area contributed by atoms with Crippen LogP contribution in [-0.2, 0) is 0 Å². The van der Waals surface area contributed by atoms with Crippen LogP contribution in [0.25, 0.3) is 5.65 Å². The van der Waals surface area contributed by atoms with Crippen molar-refractivity contribution in [2.75, 3.05) is 18.6 Å². The van der Waals surface area contributed by atoms with Crippen LogP contribution in [0.3, 0.4) is 0 Å². The number of pyridine rings is 1. The van der Waals surface area contributed by atoms with Gasteiger partial charge in [0, 0.05) is 5.92 Å². The summed E-state index contributed by atoms with van der Waals surface area (Å²) in [4.78, 5) is 0. The van der Waals surface area contributed by atoms with Crippen molar-refractivity contribution in [3.05, 3.63) is 24.2 Å². The maximum absolute atomic E-state index is 5.25. The summed E-state index contributed by atoms with van der Waals surface area (Å²) >= 11 is 2.03. The minimum atomic E-state index is 0.540. The third-order valence-corrected chi connectivity index (χ3v) is 4.27.